The molecule has 4 rings (SSSR count). The highest BCUT2D eigenvalue weighted by Crippen LogP contribution is 2.34. The van der Waals surface area contributed by atoms with E-state index in [9.17, 15) is 0 Å². The van der Waals surface area contributed by atoms with Crippen LogP contribution in [0.15, 0.2) is 82.5 Å². The highest BCUT2D eigenvalue weighted by atomic mass is 32.1. The molecule has 34 heavy (non-hydrogen) atoms. The lowest BCUT2D eigenvalue weighted by Crippen LogP contribution is -2.14. The van der Waals surface area contributed by atoms with Crippen molar-refractivity contribution in [1.29, 1.82) is 0 Å². The van der Waals surface area contributed by atoms with Gasteiger partial charge in [0.2, 0.25) is 4.80 Å². The van der Waals surface area contributed by atoms with E-state index < -0.39 is 0 Å². The summed E-state index contributed by atoms with van der Waals surface area (Å²) in [5, 5.41) is 6.95. The number of ether oxygens (including phenoxy) is 3. The topological polar surface area (TPSA) is 70.2 Å². The largest absolute Gasteiger partial charge is 0.497 e. The van der Waals surface area contributed by atoms with Crippen LogP contribution in [0.4, 0.5) is 5.69 Å². The summed E-state index contributed by atoms with van der Waals surface area (Å²) in [5.74, 6) is 2.22. The fraction of sp³-hybridized carbons (Fsp3) is 0.192. The predicted octanol–water partition coefficient (Wildman–Crippen LogP) is 5.53. The molecule has 0 spiro atoms. The summed E-state index contributed by atoms with van der Waals surface area (Å²) in [7, 11) is 3.28. The number of benzene rings is 2. The Morgan fingerprint density at radius 2 is 1.82 bits per heavy atom. The molecule has 0 aliphatic heterocycles. The summed E-state index contributed by atoms with van der Waals surface area (Å²) in [6, 6.07) is 17.3. The molecule has 0 aliphatic carbocycles. The molecule has 0 atom stereocenters. The first-order valence-corrected chi connectivity index (χ1v) is 11.7. The second-order valence-corrected chi connectivity index (χ2v) is 8.08. The van der Waals surface area contributed by atoms with Gasteiger partial charge in [-0.2, -0.15) is 5.10 Å². The Hall–Kier alpha value is -3.91. The Morgan fingerprint density at radius 1 is 1.03 bits per heavy atom. The van der Waals surface area contributed by atoms with E-state index in [1.54, 1.807) is 26.6 Å². The highest BCUT2D eigenvalue weighted by molar-refractivity contribution is 7.07. The number of methoxy groups -OCH3 is 2. The van der Waals surface area contributed by atoms with E-state index >= 15 is 0 Å². The van der Waals surface area contributed by atoms with Crippen LogP contribution in [-0.2, 0) is 0 Å². The Labute approximate surface area is 202 Å². The van der Waals surface area contributed by atoms with E-state index in [0.717, 1.165) is 44.5 Å². The van der Waals surface area contributed by atoms with E-state index in [1.807, 2.05) is 78.5 Å². The van der Waals surface area contributed by atoms with Gasteiger partial charge in [0.05, 0.1) is 37.9 Å². The number of rotatable bonds is 8. The maximum atomic E-state index is 5.66. The normalized spacial score (nSPS) is 12.0. The Kier molecular flexibility index (Phi) is 7.39. The van der Waals surface area contributed by atoms with Gasteiger partial charge in [-0.3, -0.25) is 4.98 Å². The molecule has 0 saturated heterocycles. The van der Waals surface area contributed by atoms with Crippen molar-refractivity contribution in [3.8, 4) is 28.5 Å². The van der Waals surface area contributed by atoms with E-state index in [2.05, 4.69) is 4.98 Å². The zero-order chi connectivity index (χ0) is 23.9. The number of nitrogens with zero attached hydrogens (tertiary/aromatic N) is 4. The predicted molar refractivity (Wildman–Crippen MR) is 136 cm³/mol. The highest BCUT2D eigenvalue weighted by Gasteiger charge is 2.14. The van der Waals surface area contributed by atoms with Gasteiger partial charge in [0, 0.05) is 35.0 Å². The minimum atomic E-state index is 0.622. The molecule has 0 fully saturated rings. The SMILES string of the molecule is CCOc1ccc(N=c2scc(-c3ccc(OC)cc3OC)n2/N=C(\C)c2cccnc2)cc1. The maximum absolute atomic E-state index is 5.66. The minimum absolute atomic E-state index is 0.622. The summed E-state index contributed by atoms with van der Waals surface area (Å²) in [4.78, 5) is 9.80. The maximum Gasteiger partial charge on any atom is 0.211 e. The van der Waals surface area contributed by atoms with Crippen LogP contribution in [-0.4, -0.2) is 36.2 Å². The monoisotopic (exact) mass is 474 g/mol. The molecule has 174 valence electrons. The minimum Gasteiger partial charge on any atom is -0.497 e. The van der Waals surface area contributed by atoms with Gasteiger partial charge in [0.25, 0.3) is 0 Å². The van der Waals surface area contributed by atoms with Gasteiger partial charge in [-0.1, -0.05) is 6.07 Å². The van der Waals surface area contributed by atoms with Gasteiger partial charge in [0.15, 0.2) is 0 Å². The standard InChI is InChI=1S/C26H26N4O3S/c1-5-33-21-10-8-20(9-11-21)28-26-30(29-18(2)19-7-6-14-27-16-19)24(17-34-26)23-13-12-22(31-3)15-25(23)32-4/h6-17H,5H2,1-4H3/b28-26?,29-18+. The average molecular weight is 475 g/mol. The number of hydrogen-bond donors (Lipinski definition) is 0. The zero-order valence-corrected chi connectivity index (χ0v) is 20.4. The van der Waals surface area contributed by atoms with Gasteiger partial charge in [-0.05, 0) is 56.3 Å². The quantitative estimate of drug-likeness (QED) is 0.315. The average Bonchev–Trinajstić information content (AvgIpc) is 3.26. The first-order valence-electron chi connectivity index (χ1n) is 10.8. The van der Waals surface area contributed by atoms with Crippen molar-refractivity contribution in [2.24, 2.45) is 10.1 Å². The molecular weight excluding hydrogens is 448 g/mol. The van der Waals surface area contributed by atoms with E-state index in [1.165, 1.54) is 11.3 Å². The second kappa shape index (κ2) is 10.8. The van der Waals surface area contributed by atoms with Gasteiger partial charge in [0.1, 0.15) is 17.2 Å². The van der Waals surface area contributed by atoms with Crippen LogP contribution in [0.25, 0.3) is 11.3 Å². The molecule has 2 heterocycles. The van der Waals surface area contributed by atoms with Gasteiger partial charge in [-0.25, -0.2) is 9.67 Å². The van der Waals surface area contributed by atoms with Gasteiger partial charge >= 0.3 is 0 Å². The molecule has 0 saturated carbocycles. The molecule has 4 aromatic rings. The first-order chi connectivity index (χ1) is 16.6. The van der Waals surface area contributed by atoms with Crippen molar-refractivity contribution in [2.45, 2.75) is 13.8 Å². The molecular formula is C26H26N4O3S. The van der Waals surface area contributed by atoms with Crippen LogP contribution < -0.4 is 19.0 Å². The molecule has 2 aromatic heterocycles. The number of aromatic nitrogens is 2. The van der Waals surface area contributed by atoms with E-state index in [-0.39, 0.29) is 0 Å². The van der Waals surface area contributed by atoms with Gasteiger partial charge < -0.3 is 14.2 Å². The van der Waals surface area contributed by atoms with Crippen LogP contribution in [0, 0.1) is 0 Å². The summed E-state index contributed by atoms with van der Waals surface area (Å²) in [6.45, 7) is 4.54. The molecule has 8 heteroatoms. The van der Waals surface area contributed by atoms with E-state index in [0.29, 0.717) is 12.4 Å². The summed E-state index contributed by atoms with van der Waals surface area (Å²) >= 11 is 1.50. The molecule has 0 radical (unpaired) electrons. The van der Waals surface area contributed by atoms with Crippen LogP contribution in [0.5, 0.6) is 17.2 Å². The van der Waals surface area contributed by atoms with Crippen molar-refractivity contribution in [2.75, 3.05) is 20.8 Å². The summed E-state index contributed by atoms with van der Waals surface area (Å²) in [5.41, 5.74) is 4.30. The van der Waals surface area contributed by atoms with E-state index in [4.69, 9.17) is 24.3 Å². The van der Waals surface area contributed by atoms with Crippen molar-refractivity contribution in [3.63, 3.8) is 0 Å². The third-order valence-electron chi connectivity index (χ3n) is 5.07. The number of hydrogen-bond acceptors (Lipinski definition) is 7. The smallest absolute Gasteiger partial charge is 0.211 e. The molecule has 0 amide bonds. The second-order valence-electron chi connectivity index (χ2n) is 7.25. The van der Waals surface area contributed by atoms with Crippen molar-refractivity contribution < 1.29 is 14.2 Å². The first kappa shape index (κ1) is 23.3. The lowest BCUT2D eigenvalue weighted by atomic mass is 10.1. The fourth-order valence-electron chi connectivity index (χ4n) is 3.35. The van der Waals surface area contributed by atoms with Crippen molar-refractivity contribution in [1.82, 2.24) is 9.66 Å². The van der Waals surface area contributed by atoms with Crippen LogP contribution in [0.2, 0.25) is 0 Å². The Balaban J connectivity index is 1.87. The molecule has 0 aliphatic rings. The third kappa shape index (κ3) is 5.18. The molecule has 0 N–H and O–H groups in total. The third-order valence-corrected chi connectivity index (χ3v) is 5.89. The number of thiazole rings is 1. The Bertz CT molecular complexity index is 1340. The van der Waals surface area contributed by atoms with Gasteiger partial charge in [-0.15, -0.1) is 11.3 Å². The summed E-state index contributed by atoms with van der Waals surface area (Å²) < 4.78 is 18.4. The van der Waals surface area contributed by atoms with Crippen LogP contribution in [0.1, 0.15) is 19.4 Å². The molecule has 0 bridgehead atoms. The fourth-order valence-corrected chi connectivity index (χ4v) is 4.19. The van der Waals surface area contributed by atoms with Crippen LogP contribution >= 0.6 is 11.3 Å². The van der Waals surface area contributed by atoms with Crippen molar-refractivity contribution >= 4 is 22.7 Å². The van der Waals surface area contributed by atoms with Crippen LogP contribution in [0.3, 0.4) is 0 Å². The van der Waals surface area contributed by atoms with Crippen molar-refractivity contribution in [3.05, 3.63) is 82.7 Å². The molecule has 0 unspecified atom stereocenters. The lowest BCUT2D eigenvalue weighted by molar-refractivity contribution is 0.340. The number of pyridine rings is 1. The molecule has 7 nitrogen and oxygen atoms in total. The summed E-state index contributed by atoms with van der Waals surface area (Å²) in [6.07, 6.45) is 3.54. The zero-order valence-electron chi connectivity index (χ0n) is 19.6. The molecule has 2 aromatic carbocycles. The lowest BCUT2D eigenvalue weighted by Gasteiger charge is -2.11. The Morgan fingerprint density at radius 3 is 2.50 bits per heavy atom.